The standard InChI is InChI=1S/C25H19BrCl2N2O3/c1-2-32-23-11-17(10-18(14-29)25(31)30-20-6-4-3-5-7-20)21(26)13-24(23)33-15-16-8-9-19(27)12-22(16)28/h3-13H,2,15H2,1H3,(H,30,31)/b18-10+. The Hall–Kier alpha value is -2.98. The Bertz CT molecular complexity index is 1220. The van der Waals surface area contributed by atoms with E-state index < -0.39 is 5.91 Å². The molecule has 0 heterocycles. The smallest absolute Gasteiger partial charge is 0.266 e. The van der Waals surface area contributed by atoms with Crippen LogP contribution in [0.15, 0.2) is 70.7 Å². The fraction of sp³-hybridized carbons (Fsp3) is 0.120. The first kappa shape index (κ1) is 24.7. The summed E-state index contributed by atoms with van der Waals surface area (Å²) in [6.45, 7) is 2.47. The van der Waals surface area contributed by atoms with Crippen molar-refractivity contribution in [2.24, 2.45) is 0 Å². The molecule has 3 aromatic carbocycles. The van der Waals surface area contributed by atoms with E-state index in [0.717, 1.165) is 5.56 Å². The van der Waals surface area contributed by atoms with Crippen molar-refractivity contribution in [1.82, 2.24) is 0 Å². The number of halogens is 3. The van der Waals surface area contributed by atoms with Crippen LogP contribution in [0.25, 0.3) is 6.08 Å². The van der Waals surface area contributed by atoms with Crippen LogP contribution >= 0.6 is 39.1 Å². The van der Waals surface area contributed by atoms with Gasteiger partial charge in [0.2, 0.25) is 0 Å². The highest BCUT2D eigenvalue weighted by Gasteiger charge is 2.15. The summed E-state index contributed by atoms with van der Waals surface area (Å²) in [4.78, 5) is 12.6. The zero-order valence-electron chi connectivity index (χ0n) is 17.6. The lowest BCUT2D eigenvalue weighted by Crippen LogP contribution is -2.13. The maximum absolute atomic E-state index is 12.6. The van der Waals surface area contributed by atoms with Crippen LogP contribution < -0.4 is 14.8 Å². The van der Waals surface area contributed by atoms with Crippen LogP contribution in [0.1, 0.15) is 18.1 Å². The van der Waals surface area contributed by atoms with Gasteiger partial charge in [0, 0.05) is 25.8 Å². The van der Waals surface area contributed by atoms with Crippen molar-refractivity contribution in [2.45, 2.75) is 13.5 Å². The molecule has 3 rings (SSSR count). The molecule has 33 heavy (non-hydrogen) atoms. The molecular formula is C25H19BrCl2N2O3. The maximum Gasteiger partial charge on any atom is 0.266 e. The van der Waals surface area contributed by atoms with Crippen LogP contribution in [-0.4, -0.2) is 12.5 Å². The molecule has 0 aliphatic rings. The van der Waals surface area contributed by atoms with Crippen LogP contribution in [0.3, 0.4) is 0 Å². The summed E-state index contributed by atoms with van der Waals surface area (Å²) >= 11 is 15.7. The van der Waals surface area contributed by atoms with Crippen molar-refractivity contribution < 1.29 is 14.3 Å². The minimum Gasteiger partial charge on any atom is -0.490 e. The molecule has 0 aliphatic heterocycles. The number of amides is 1. The number of hydrogen-bond acceptors (Lipinski definition) is 4. The summed E-state index contributed by atoms with van der Waals surface area (Å²) in [6, 6.07) is 19.5. The van der Waals surface area contributed by atoms with Crippen LogP contribution in [0, 0.1) is 11.3 Å². The van der Waals surface area contributed by atoms with Crippen molar-refractivity contribution in [2.75, 3.05) is 11.9 Å². The number of hydrogen-bond donors (Lipinski definition) is 1. The number of rotatable bonds is 8. The number of carbonyl (C=O) groups is 1. The second-order valence-corrected chi connectivity index (χ2v) is 8.47. The van der Waals surface area contributed by atoms with E-state index in [1.165, 1.54) is 6.08 Å². The second-order valence-electron chi connectivity index (χ2n) is 6.77. The highest BCUT2D eigenvalue weighted by molar-refractivity contribution is 9.10. The van der Waals surface area contributed by atoms with Gasteiger partial charge >= 0.3 is 0 Å². The van der Waals surface area contributed by atoms with Gasteiger partial charge in [0.1, 0.15) is 18.2 Å². The fourth-order valence-corrected chi connectivity index (χ4v) is 3.76. The summed E-state index contributed by atoms with van der Waals surface area (Å²) in [7, 11) is 0. The quantitative estimate of drug-likeness (QED) is 0.238. The summed E-state index contributed by atoms with van der Waals surface area (Å²) in [5.74, 6) is 0.447. The van der Waals surface area contributed by atoms with Crippen LogP contribution in [-0.2, 0) is 11.4 Å². The lowest BCUT2D eigenvalue weighted by atomic mass is 10.1. The molecule has 1 amide bonds. The summed E-state index contributed by atoms with van der Waals surface area (Å²) < 4.78 is 12.3. The predicted molar refractivity (Wildman–Crippen MR) is 135 cm³/mol. The summed E-state index contributed by atoms with van der Waals surface area (Å²) in [5, 5.41) is 13.3. The zero-order valence-corrected chi connectivity index (χ0v) is 20.7. The molecule has 0 fully saturated rings. The lowest BCUT2D eigenvalue weighted by Gasteiger charge is -2.15. The molecule has 8 heteroatoms. The van der Waals surface area contributed by atoms with E-state index in [-0.39, 0.29) is 12.2 Å². The van der Waals surface area contributed by atoms with Gasteiger partial charge in [0.25, 0.3) is 5.91 Å². The fourth-order valence-electron chi connectivity index (χ4n) is 2.86. The number of nitrogens with zero attached hydrogens (tertiary/aromatic N) is 1. The largest absolute Gasteiger partial charge is 0.490 e. The third-order valence-corrected chi connectivity index (χ3v) is 5.73. The van der Waals surface area contributed by atoms with E-state index in [1.54, 1.807) is 54.6 Å². The molecule has 0 unspecified atom stereocenters. The maximum atomic E-state index is 12.6. The molecule has 0 saturated carbocycles. The Morgan fingerprint density at radius 1 is 1.09 bits per heavy atom. The van der Waals surface area contributed by atoms with Crippen LogP contribution in [0.4, 0.5) is 5.69 Å². The zero-order chi connectivity index (χ0) is 23.8. The molecule has 0 aliphatic carbocycles. The number of nitrogens with one attached hydrogen (secondary N) is 1. The Kier molecular flexibility index (Phi) is 8.79. The number of para-hydroxylation sites is 1. The van der Waals surface area contributed by atoms with Crippen molar-refractivity contribution >= 4 is 56.8 Å². The first-order chi connectivity index (χ1) is 15.9. The van der Waals surface area contributed by atoms with Gasteiger partial charge in [-0.05, 0) is 55.0 Å². The molecular weight excluding hydrogens is 527 g/mol. The van der Waals surface area contributed by atoms with Gasteiger partial charge in [-0.1, -0.05) is 63.4 Å². The van der Waals surface area contributed by atoms with Gasteiger partial charge in [-0.2, -0.15) is 5.26 Å². The Morgan fingerprint density at radius 2 is 1.82 bits per heavy atom. The first-order valence-corrected chi connectivity index (χ1v) is 11.5. The van der Waals surface area contributed by atoms with Gasteiger partial charge < -0.3 is 14.8 Å². The van der Waals surface area contributed by atoms with Crippen LogP contribution in [0.2, 0.25) is 10.0 Å². The minimum atomic E-state index is -0.508. The number of nitriles is 1. The normalized spacial score (nSPS) is 10.9. The molecule has 0 aromatic heterocycles. The summed E-state index contributed by atoms with van der Waals surface area (Å²) in [6.07, 6.45) is 1.49. The van der Waals surface area contributed by atoms with Crippen molar-refractivity contribution in [3.63, 3.8) is 0 Å². The molecule has 0 spiro atoms. The Morgan fingerprint density at radius 3 is 2.48 bits per heavy atom. The van der Waals surface area contributed by atoms with Gasteiger partial charge in [-0.15, -0.1) is 0 Å². The summed E-state index contributed by atoms with van der Waals surface area (Å²) in [5.41, 5.74) is 1.91. The molecule has 3 aromatic rings. The molecule has 0 bridgehead atoms. The van der Waals surface area contributed by atoms with E-state index >= 15 is 0 Å². The number of anilines is 1. The van der Waals surface area contributed by atoms with Gasteiger partial charge in [0.05, 0.1) is 6.61 Å². The van der Waals surface area contributed by atoms with Gasteiger partial charge in [-0.25, -0.2) is 0 Å². The lowest BCUT2D eigenvalue weighted by molar-refractivity contribution is -0.112. The van der Waals surface area contributed by atoms with E-state index in [1.807, 2.05) is 19.1 Å². The van der Waals surface area contributed by atoms with Crippen LogP contribution in [0.5, 0.6) is 11.5 Å². The van der Waals surface area contributed by atoms with Crippen molar-refractivity contribution in [3.8, 4) is 17.6 Å². The predicted octanol–water partition coefficient (Wildman–Crippen LogP) is 7.28. The number of ether oxygens (including phenoxy) is 2. The van der Waals surface area contributed by atoms with E-state index in [9.17, 15) is 10.1 Å². The number of benzene rings is 3. The molecule has 0 atom stereocenters. The van der Waals surface area contributed by atoms with Gasteiger partial charge in [-0.3, -0.25) is 4.79 Å². The molecule has 1 N–H and O–H groups in total. The average molecular weight is 546 g/mol. The highest BCUT2D eigenvalue weighted by Crippen LogP contribution is 2.36. The van der Waals surface area contributed by atoms with Crippen molar-refractivity contribution in [1.29, 1.82) is 5.26 Å². The monoisotopic (exact) mass is 544 g/mol. The van der Waals surface area contributed by atoms with E-state index in [2.05, 4.69) is 21.2 Å². The van der Waals surface area contributed by atoms with Crippen molar-refractivity contribution in [3.05, 3.63) is 91.9 Å². The molecule has 5 nitrogen and oxygen atoms in total. The minimum absolute atomic E-state index is 0.0522. The Labute approximate surface area is 210 Å². The molecule has 0 radical (unpaired) electrons. The third kappa shape index (κ3) is 6.75. The SMILES string of the molecule is CCOc1cc(/C=C(\C#N)C(=O)Nc2ccccc2)c(Br)cc1OCc1ccc(Cl)cc1Cl. The van der Waals surface area contributed by atoms with E-state index in [4.69, 9.17) is 32.7 Å². The topological polar surface area (TPSA) is 71.3 Å². The second kappa shape index (κ2) is 11.8. The third-order valence-electron chi connectivity index (χ3n) is 4.46. The molecule has 0 saturated heterocycles. The van der Waals surface area contributed by atoms with E-state index in [0.29, 0.717) is 43.9 Å². The molecule has 168 valence electrons. The van der Waals surface area contributed by atoms with Gasteiger partial charge in [0.15, 0.2) is 11.5 Å². The Balaban J connectivity index is 1.85. The number of carbonyl (C=O) groups excluding carboxylic acids is 1. The highest BCUT2D eigenvalue weighted by atomic mass is 79.9. The first-order valence-electron chi connectivity index (χ1n) is 9.92. The average Bonchev–Trinajstić information content (AvgIpc) is 2.79.